The molecule has 0 N–H and O–H groups in total. The first kappa shape index (κ1) is 8.30. The highest BCUT2D eigenvalue weighted by Crippen LogP contribution is 2.23. The maximum absolute atomic E-state index is 5.60. The van der Waals surface area contributed by atoms with Gasteiger partial charge >= 0.3 is 0 Å². The van der Waals surface area contributed by atoms with Gasteiger partial charge in [-0.25, -0.2) is 0 Å². The number of ether oxygens (including phenoxy) is 2. The highest BCUT2D eigenvalue weighted by Gasteiger charge is 2.30. The lowest BCUT2D eigenvalue weighted by atomic mass is 10.2. The molecule has 1 aliphatic rings. The molecule has 1 fully saturated rings. The van der Waals surface area contributed by atoms with Crippen molar-refractivity contribution >= 4 is 16.8 Å². The number of methoxy groups -OCH3 is 1. The van der Waals surface area contributed by atoms with Crippen LogP contribution in [0.4, 0.5) is 0 Å². The molecule has 1 atom stereocenters. The lowest BCUT2D eigenvalue weighted by molar-refractivity contribution is -0.183. The Morgan fingerprint density at radius 2 is 2.40 bits per heavy atom. The van der Waals surface area contributed by atoms with Crippen molar-refractivity contribution in [2.75, 3.05) is 13.7 Å². The predicted octanol–water partition coefficient (Wildman–Crippen LogP) is -0.796. The van der Waals surface area contributed by atoms with Crippen molar-refractivity contribution < 1.29 is 9.47 Å². The van der Waals surface area contributed by atoms with Crippen LogP contribution in [0.2, 0.25) is 0 Å². The van der Waals surface area contributed by atoms with Crippen LogP contribution in [0.1, 0.15) is 19.3 Å². The van der Waals surface area contributed by atoms with Crippen molar-refractivity contribution in [3.63, 3.8) is 0 Å². The van der Waals surface area contributed by atoms with Crippen LogP contribution in [0.5, 0.6) is 0 Å². The second-order valence-corrected chi connectivity index (χ2v) is 4.56. The summed E-state index contributed by atoms with van der Waals surface area (Å²) in [4.78, 5) is 0. The van der Waals surface area contributed by atoms with E-state index < -0.39 is 0 Å². The molecule has 1 unspecified atom stereocenters. The summed E-state index contributed by atoms with van der Waals surface area (Å²) < 4.78 is 11.0. The topological polar surface area (TPSA) is 18.5 Å². The summed E-state index contributed by atoms with van der Waals surface area (Å²) in [6.07, 6.45) is 3.60. The van der Waals surface area contributed by atoms with Crippen LogP contribution >= 0.6 is 0 Å². The molecule has 1 aliphatic heterocycles. The first-order valence-corrected chi connectivity index (χ1v) is 6.14. The molecule has 0 spiro atoms. The van der Waals surface area contributed by atoms with Gasteiger partial charge in [0.1, 0.15) is 5.41 Å². The van der Waals surface area contributed by atoms with E-state index in [1.807, 2.05) is 0 Å². The zero-order valence-corrected chi connectivity index (χ0v) is 8.27. The molecule has 0 aliphatic carbocycles. The fourth-order valence-corrected chi connectivity index (χ4v) is 2.65. The Hall–Kier alpha value is 0.202. The summed E-state index contributed by atoms with van der Waals surface area (Å²) in [7, 11) is 3.83. The predicted molar refractivity (Wildman–Crippen MR) is 46.6 cm³/mol. The van der Waals surface area contributed by atoms with Crippen LogP contribution < -0.4 is 0 Å². The molecule has 0 amide bonds. The molecule has 0 aromatic carbocycles. The van der Waals surface area contributed by atoms with E-state index in [9.17, 15) is 0 Å². The van der Waals surface area contributed by atoms with Crippen molar-refractivity contribution in [2.45, 2.75) is 24.7 Å². The summed E-state index contributed by atoms with van der Waals surface area (Å²) in [5, 5.41) is 0. The van der Waals surface area contributed by atoms with Gasteiger partial charge in [-0.15, -0.1) is 0 Å². The molecular formula is C6H15BO2Si. The van der Waals surface area contributed by atoms with Gasteiger partial charge in [0.25, 0.3) is 0 Å². The van der Waals surface area contributed by atoms with Crippen molar-refractivity contribution in [2.24, 2.45) is 0 Å². The van der Waals surface area contributed by atoms with Gasteiger partial charge in [0.15, 0.2) is 0 Å². The third-order valence-electron chi connectivity index (χ3n) is 2.23. The highest BCUT2D eigenvalue weighted by molar-refractivity contribution is 6.90. The Morgan fingerprint density at radius 3 is 2.70 bits per heavy atom. The summed E-state index contributed by atoms with van der Waals surface area (Å²) in [5.74, 6) is 0. The number of rotatable bonds is 2. The molecule has 0 bridgehead atoms. The average molecular weight is 158 g/mol. The molecule has 1 heterocycles. The number of hydrogen-bond donors (Lipinski definition) is 0. The molecule has 0 aromatic rings. The summed E-state index contributed by atoms with van der Waals surface area (Å²) in [5.41, 5.74) is -0.0990. The maximum atomic E-state index is 5.60. The minimum Gasteiger partial charge on any atom is -0.358 e. The average Bonchev–Trinajstić information content (AvgIpc) is 2.06. The largest absolute Gasteiger partial charge is 0.358 e. The smallest absolute Gasteiger partial charge is 0.137 e. The van der Waals surface area contributed by atoms with Crippen LogP contribution in [0, 0.1) is 0 Å². The number of hydrogen-bond acceptors (Lipinski definition) is 2. The Labute approximate surface area is 65.5 Å². The van der Waals surface area contributed by atoms with E-state index in [1.54, 1.807) is 7.11 Å². The van der Waals surface area contributed by atoms with Gasteiger partial charge in [0.05, 0.1) is 16.8 Å². The molecular weight excluding hydrogens is 143 g/mol. The third-order valence-corrected chi connectivity index (χ3v) is 4.15. The van der Waals surface area contributed by atoms with Crippen LogP contribution in [-0.2, 0) is 9.47 Å². The van der Waals surface area contributed by atoms with Gasteiger partial charge in [-0.2, -0.15) is 0 Å². The van der Waals surface area contributed by atoms with Gasteiger partial charge in [-0.05, 0) is 19.3 Å². The van der Waals surface area contributed by atoms with E-state index in [4.69, 9.17) is 9.47 Å². The van der Waals surface area contributed by atoms with Gasteiger partial charge in [-0.3, -0.25) is 0 Å². The van der Waals surface area contributed by atoms with Gasteiger partial charge in [0.2, 0.25) is 0 Å². The molecule has 0 saturated carbocycles. The Bertz CT molecular complexity index is 97.9. The summed E-state index contributed by atoms with van der Waals surface area (Å²) in [6, 6.07) is 0. The molecule has 58 valence electrons. The van der Waals surface area contributed by atoms with E-state index in [1.165, 1.54) is 12.8 Å². The zero-order valence-electron chi connectivity index (χ0n) is 6.85. The zero-order chi connectivity index (χ0) is 7.45. The Balaban J connectivity index is 2.44. The lowest BCUT2D eigenvalue weighted by Crippen LogP contribution is -2.44. The first-order chi connectivity index (χ1) is 4.83. The summed E-state index contributed by atoms with van der Waals surface area (Å²) >= 11 is 0. The lowest BCUT2D eigenvalue weighted by Gasteiger charge is -2.35. The highest BCUT2D eigenvalue weighted by atomic mass is 28.2. The fourth-order valence-electron chi connectivity index (χ4n) is 1.41. The molecule has 4 heteroatoms. The minimum atomic E-state index is -0.183. The fraction of sp³-hybridized carbons (Fsp3) is 1.00. The van der Waals surface area contributed by atoms with Crippen molar-refractivity contribution in [1.29, 1.82) is 0 Å². The van der Waals surface area contributed by atoms with Crippen molar-refractivity contribution in [1.82, 2.24) is 0 Å². The van der Waals surface area contributed by atoms with E-state index in [-0.39, 0.29) is 14.8 Å². The molecule has 2 nitrogen and oxygen atoms in total. The standard InChI is InChI=1S/C6H15BO2Si/c1-8-6(10-7)4-2-3-5-9-6/h2-5,7,10H2,1H3. The molecule has 0 radical (unpaired) electrons. The van der Waals surface area contributed by atoms with Gasteiger partial charge in [-0.1, -0.05) is 0 Å². The Morgan fingerprint density at radius 1 is 1.60 bits per heavy atom. The van der Waals surface area contributed by atoms with Crippen molar-refractivity contribution in [3.05, 3.63) is 0 Å². The minimum absolute atomic E-state index is 0.0990. The molecule has 1 saturated heterocycles. The quantitative estimate of drug-likeness (QED) is 0.490. The van der Waals surface area contributed by atoms with E-state index in [2.05, 4.69) is 7.44 Å². The van der Waals surface area contributed by atoms with Crippen LogP contribution in [0.25, 0.3) is 0 Å². The molecule has 0 aromatic heterocycles. The van der Waals surface area contributed by atoms with E-state index in [0.29, 0.717) is 0 Å². The second-order valence-electron chi connectivity index (χ2n) is 2.77. The second kappa shape index (κ2) is 3.55. The normalized spacial score (nSPS) is 35.3. The van der Waals surface area contributed by atoms with E-state index >= 15 is 0 Å². The van der Waals surface area contributed by atoms with Crippen LogP contribution in [-0.4, -0.2) is 36.0 Å². The van der Waals surface area contributed by atoms with Gasteiger partial charge < -0.3 is 9.47 Å². The van der Waals surface area contributed by atoms with Crippen LogP contribution in [0.3, 0.4) is 0 Å². The van der Waals surface area contributed by atoms with E-state index in [0.717, 1.165) is 13.0 Å². The van der Waals surface area contributed by atoms with Crippen molar-refractivity contribution in [3.8, 4) is 0 Å². The molecule has 10 heavy (non-hydrogen) atoms. The monoisotopic (exact) mass is 158 g/mol. The summed E-state index contributed by atoms with van der Waals surface area (Å²) in [6.45, 7) is 0.898. The SMILES string of the molecule is B[SiH2]C1(OC)CCCCO1. The molecule has 1 rings (SSSR count). The van der Waals surface area contributed by atoms with Gasteiger partial charge in [0, 0.05) is 13.7 Å². The third kappa shape index (κ3) is 1.62. The maximum Gasteiger partial charge on any atom is 0.137 e. The van der Waals surface area contributed by atoms with Crippen LogP contribution in [0.15, 0.2) is 0 Å². The Kier molecular flexibility index (Phi) is 2.95. The first-order valence-electron chi connectivity index (χ1n) is 4.02.